The second-order valence-corrected chi connectivity index (χ2v) is 7.01. The van der Waals surface area contributed by atoms with Crippen LogP contribution in [0.25, 0.3) is 0 Å². The molecule has 2 aromatic rings. The first-order chi connectivity index (χ1) is 12.3. The SMILES string of the molecule is Oc1cccc(NC(=NC2CCCC2)N2CCc3ccccc3C2)c1. The Morgan fingerprint density at radius 2 is 1.84 bits per heavy atom. The summed E-state index contributed by atoms with van der Waals surface area (Å²) in [4.78, 5) is 7.38. The van der Waals surface area contributed by atoms with Crippen molar-refractivity contribution in [3.8, 4) is 5.75 Å². The number of phenolic OH excluding ortho intramolecular Hbond substituents is 1. The van der Waals surface area contributed by atoms with Crippen LogP contribution >= 0.6 is 0 Å². The number of hydrogen-bond acceptors (Lipinski definition) is 2. The van der Waals surface area contributed by atoms with Gasteiger partial charge in [-0.1, -0.05) is 43.2 Å². The molecule has 0 aromatic heterocycles. The zero-order valence-corrected chi connectivity index (χ0v) is 14.5. The highest BCUT2D eigenvalue weighted by Gasteiger charge is 2.22. The molecule has 1 fully saturated rings. The summed E-state index contributed by atoms with van der Waals surface area (Å²) in [5, 5.41) is 13.2. The monoisotopic (exact) mass is 335 g/mol. The van der Waals surface area contributed by atoms with Crippen LogP contribution in [-0.4, -0.2) is 28.6 Å². The van der Waals surface area contributed by atoms with Gasteiger partial charge in [-0.3, -0.25) is 0 Å². The van der Waals surface area contributed by atoms with Gasteiger partial charge in [-0.05, 0) is 42.5 Å². The quantitative estimate of drug-likeness (QED) is 0.640. The van der Waals surface area contributed by atoms with Crippen LogP contribution in [0.4, 0.5) is 5.69 Å². The Morgan fingerprint density at radius 1 is 1.04 bits per heavy atom. The highest BCUT2D eigenvalue weighted by atomic mass is 16.3. The van der Waals surface area contributed by atoms with Crippen LogP contribution in [0.5, 0.6) is 5.75 Å². The van der Waals surface area contributed by atoms with E-state index in [0.29, 0.717) is 6.04 Å². The number of phenols is 1. The molecule has 1 aliphatic carbocycles. The van der Waals surface area contributed by atoms with Crippen LogP contribution in [0.15, 0.2) is 53.5 Å². The molecule has 0 radical (unpaired) electrons. The number of rotatable bonds is 2. The van der Waals surface area contributed by atoms with Crippen LogP contribution in [0.3, 0.4) is 0 Å². The zero-order chi connectivity index (χ0) is 17.1. The average molecular weight is 335 g/mol. The largest absolute Gasteiger partial charge is 0.508 e. The van der Waals surface area contributed by atoms with E-state index < -0.39 is 0 Å². The van der Waals surface area contributed by atoms with E-state index in [1.165, 1.54) is 36.8 Å². The number of nitrogens with one attached hydrogen (secondary N) is 1. The van der Waals surface area contributed by atoms with Crippen molar-refractivity contribution < 1.29 is 5.11 Å². The summed E-state index contributed by atoms with van der Waals surface area (Å²) in [5.41, 5.74) is 3.71. The van der Waals surface area contributed by atoms with Crippen molar-refractivity contribution >= 4 is 11.6 Å². The van der Waals surface area contributed by atoms with Crippen molar-refractivity contribution in [3.63, 3.8) is 0 Å². The van der Waals surface area contributed by atoms with Crippen LogP contribution in [0.2, 0.25) is 0 Å². The van der Waals surface area contributed by atoms with E-state index in [-0.39, 0.29) is 5.75 Å². The molecule has 0 unspecified atom stereocenters. The molecule has 1 aliphatic heterocycles. The van der Waals surface area contributed by atoms with Gasteiger partial charge in [0, 0.05) is 24.8 Å². The Kier molecular flexibility index (Phi) is 4.59. The van der Waals surface area contributed by atoms with E-state index in [1.807, 2.05) is 12.1 Å². The van der Waals surface area contributed by atoms with E-state index in [1.54, 1.807) is 12.1 Å². The fourth-order valence-corrected chi connectivity index (χ4v) is 3.79. The van der Waals surface area contributed by atoms with E-state index in [0.717, 1.165) is 31.2 Å². The molecule has 25 heavy (non-hydrogen) atoms. The van der Waals surface area contributed by atoms with Crippen molar-refractivity contribution in [2.75, 3.05) is 11.9 Å². The van der Waals surface area contributed by atoms with Gasteiger partial charge >= 0.3 is 0 Å². The number of aromatic hydroxyl groups is 1. The maximum Gasteiger partial charge on any atom is 0.199 e. The van der Waals surface area contributed by atoms with Gasteiger partial charge in [-0.15, -0.1) is 0 Å². The van der Waals surface area contributed by atoms with Crippen LogP contribution in [0, 0.1) is 0 Å². The number of nitrogens with zero attached hydrogens (tertiary/aromatic N) is 2. The summed E-state index contributed by atoms with van der Waals surface area (Å²) in [6.07, 6.45) is 5.94. The standard InChI is InChI=1S/C21H25N3O/c25-20-11-5-10-19(14-20)23-21(22-18-8-3-4-9-18)24-13-12-16-6-1-2-7-17(16)15-24/h1-2,5-7,10-11,14,18,25H,3-4,8-9,12-13,15H2,(H,22,23). The van der Waals surface area contributed by atoms with Crippen molar-refractivity contribution in [3.05, 3.63) is 59.7 Å². The van der Waals surface area contributed by atoms with Crippen LogP contribution in [0.1, 0.15) is 36.8 Å². The second kappa shape index (κ2) is 7.18. The highest BCUT2D eigenvalue weighted by Crippen LogP contribution is 2.24. The molecule has 1 heterocycles. The Balaban J connectivity index is 1.59. The van der Waals surface area contributed by atoms with E-state index >= 15 is 0 Å². The molecular weight excluding hydrogens is 310 g/mol. The van der Waals surface area contributed by atoms with Crippen molar-refractivity contribution in [2.24, 2.45) is 4.99 Å². The predicted octanol–water partition coefficient (Wildman–Crippen LogP) is 4.16. The molecule has 130 valence electrons. The molecular formula is C21H25N3O. The number of guanidine groups is 1. The third kappa shape index (κ3) is 3.78. The summed E-state index contributed by atoms with van der Waals surface area (Å²) in [6, 6.07) is 16.4. The maximum absolute atomic E-state index is 9.76. The normalized spacial score (nSPS) is 18.2. The summed E-state index contributed by atoms with van der Waals surface area (Å²) >= 11 is 0. The predicted molar refractivity (Wildman–Crippen MR) is 102 cm³/mol. The van der Waals surface area contributed by atoms with E-state index in [2.05, 4.69) is 34.5 Å². The first kappa shape index (κ1) is 16.0. The van der Waals surface area contributed by atoms with Gasteiger partial charge in [0.1, 0.15) is 5.75 Å². The summed E-state index contributed by atoms with van der Waals surface area (Å²) in [5.74, 6) is 1.21. The Labute approximate surface area is 149 Å². The van der Waals surface area contributed by atoms with Gasteiger partial charge in [-0.2, -0.15) is 0 Å². The molecule has 4 rings (SSSR count). The lowest BCUT2D eigenvalue weighted by molar-refractivity contribution is 0.389. The smallest absolute Gasteiger partial charge is 0.199 e. The molecule has 2 N–H and O–H groups in total. The number of hydrogen-bond donors (Lipinski definition) is 2. The van der Waals surface area contributed by atoms with Crippen molar-refractivity contribution in [1.29, 1.82) is 0 Å². The third-order valence-corrected chi connectivity index (χ3v) is 5.16. The fourth-order valence-electron chi connectivity index (χ4n) is 3.79. The first-order valence-electron chi connectivity index (χ1n) is 9.23. The molecule has 4 heteroatoms. The minimum absolute atomic E-state index is 0.272. The van der Waals surface area contributed by atoms with Gasteiger partial charge < -0.3 is 15.3 Å². The number of fused-ring (bicyclic) bond motifs is 1. The summed E-state index contributed by atoms with van der Waals surface area (Å²) in [7, 11) is 0. The summed E-state index contributed by atoms with van der Waals surface area (Å²) in [6.45, 7) is 1.85. The Bertz CT molecular complexity index is 765. The molecule has 0 saturated heterocycles. The maximum atomic E-state index is 9.76. The van der Waals surface area contributed by atoms with Crippen LogP contribution in [-0.2, 0) is 13.0 Å². The molecule has 1 saturated carbocycles. The Hall–Kier alpha value is -2.49. The number of aliphatic imine (C=N–C) groups is 1. The first-order valence-corrected chi connectivity index (χ1v) is 9.23. The van der Waals surface area contributed by atoms with Gasteiger partial charge in [0.25, 0.3) is 0 Å². The number of anilines is 1. The topological polar surface area (TPSA) is 47.9 Å². The minimum atomic E-state index is 0.272. The van der Waals surface area contributed by atoms with E-state index in [9.17, 15) is 5.11 Å². The second-order valence-electron chi connectivity index (χ2n) is 7.01. The molecule has 0 amide bonds. The third-order valence-electron chi connectivity index (χ3n) is 5.16. The lowest BCUT2D eigenvalue weighted by Gasteiger charge is -2.32. The van der Waals surface area contributed by atoms with Gasteiger partial charge in [0.05, 0.1) is 6.04 Å². The average Bonchev–Trinajstić information content (AvgIpc) is 3.14. The molecule has 2 aliphatic rings. The molecule has 2 aromatic carbocycles. The molecule has 4 nitrogen and oxygen atoms in total. The van der Waals surface area contributed by atoms with Crippen LogP contribution < -0.4 is 5.32 Å². The van der Waals surface area contributed by atoms with Gasteiger partial charge in [0.15, 0.2) is 5.96 Å². The zero-order valence-electron chi connectivity index (χ0n) is 14.5. The fraction of sp³-hybridized carbons (Fsp3) is 0.381. The molecule has 0 bridgehead atoms. The summed E-state index contributed by atoms with van der Waals surface area (Å²) < 4.78 is 0. The minimum Gasteiger partial charge on any atom is -0.508 e. The Morgan fingerprint density at radius 3 is 2.64 bits per heavy atom. The molecule has 0 spiro atoms. The number of benzene rings is 2. The molecule has 0 atom stereocenters. The van der Waals surface area contributed by atoms with Gasteiger partial charge in [0.2, 0.25) is 0 Å². The van der Waals surface area contributed by atoms with Gasteiger partial charge in [-0.25, -0.2) is 4.99 Å². The highest BCUT2D eigenvalue weighted by molar-refractivity contribution is 5.94. The lowest BCUT2D eigenvalue weighted by atomic mass is 10.0. The lowest BCUT2D eigenvalue weighted by Crippen LogP contribution is -2.40. The van der Waals surface area contributed by atoms with Crippen molar-refractivity contribution in [1.82, 2.24) is 4.90 Å². The van der Waals surface area contributed by atoms with E-state index in [4.69, 9.17) is 4.99 Å². The van der Waals surface area contributed by atoms with Crippen molar-refractivity contribution in [2.45, 2.75) is 44.7 Å².